The number of phenolic OH excluding ortho intramolecular Hbond substituents is 1. The number of aliphatic hydroxyl groups is 2. The van der Waals surface area contributed by atoms with E-state index in [9.17, 15) is 15.3 Å². The summed E-state index contributed by atoms with van der Waals surface area (Å²) in [5.41, 5.74) is 6.52. The highest BCUT2D eigenvalue weighted by molar-refractivity contribution is 5.41. The predicted molar refractivity (Wildman–Crippen MR) is 78.9 cm³/mol. The van der Waals surface area contributed by atoms with Crippen molar-refractivity contribution in [3.63, 3.8) is 0 Å². The molecule has 2 rings (SSSR count). The molecule has 0 heterocycles. The normalized spacial score (nSPS) is 13.7. The average Bonchev–Trinajstić information content (AvgIpc) is 2.52. The lowest BCUT2D eigenvalue weighted by atomic mass is 10.0. The SMILES string of the molecule is NCC(O)C(O)c1ccc(OCc2ccccc2)cc1O. The van der Waals surface area contributed by atoms with Gasteiger partial charge in [0.15, 0.2) is 0 Å². The predicted octanol–water partition coefficient (Wildman–Crippen LogP) is 1.32. The van der Waals surface area contributed by atoms with Gasteiger partial charge in [-0.3, -0.25) is 0 Å². The third kappa shape index (κ3) is 3.95. The van der Waals surface area contributed by atoms with Crippen molar-refractivity contribution in [1.29, 1.82) is 0 Å². The summed E-state index contributed by atoms with van der Waals surface area (Å²) in [7, 11) is 0. The van der Waals surface area contributed by atoms with E-state index in [0.29, 0.717) is 12.4 Å². The molecule has 112 valence electrons. The van der Waals surface area contributed by atoms with Crippen LogP contribution in [0.1, 0.15) is 17.2 Å². The molecule has 0 aromatic heterocycles. The number of nitrogens with two attached hydrogens (primary N) is 1. The summed E-state index contributed by atoms with van der Waals surface area (Å²) in [6.45, 7) is 0.292. The topological polar surface area (TPSA) is 95.9 Å². The molecule has 5 nitrogen and oxygen atoms in total. The number of rotatable bonds is 6. The van der Waals surface area contributed by atoms with Crippen molar-refractivity contribution >= 4 is 0 Å². The molecule has 2 unspecified atom stereocenters. The molecule has 0 saturated heterocycles. The quantitative estimate of drug-likeness (QED) is 0.643. The van der Waals surface area contributed by atoms with E-state index >= 15 is 0 Å². The Hall–Kier alpha value is -2.08. The zero-order valence-corrected chi connectivity index (χ0v) is 11.5. The van der Waals surface area contributed by atoms with Crippen LogP contribution in [-0.2, 0) is 6.61 Å². The maximum Gasteiger partial charge on any atom is 0.125 e. The number of phenols is 1. The Kier molecular flexibility index (Phi) is 5.16. The number of ether oxygens (including phenoxy) is 1. The number of benzene rings is 2. The van der Waals surface area contributed by atoms with E-state index in [0.717, 1.165) is 5.56 Å². The summed E-state index contributed by atoms with van der Waals surface area (Å²) < 4.78 is 5.57. The van der Waals surface area contributed by atoms with Gasteiger partial charge in [-0.1, -0.05) is 30.3 Å². The Balaban J connectivity index is 2.05. The fraction of sp³-hybridized carbons (Fsp3) is 0.250. The van der Waals surface area contributed by atoms with Crippen LogP contribution in [0.15, 0.2) is 48.5 Å². The number of aromatic hydroxyl groups is 1. The molecule has 0 amide bonds. The monoisotopic (exact) mass is 289 g/mol. The van der Waals surface area contributed by atoms with Crippen LogP contribution in [0.25, 0.3) is 0 Å². The first-order valence-electron chi connectivity index (χ1n) is 6.67. The van der Waals surface area contributed by atoms with E-state index < -0.39 is 12.2 Å². The first-order chi connectivity index (χ1) is 10.1. The standard InChI is InChI=1S/C16H19NO4/c17-9-15(19)16(20)13-7-6-12(8-14(13)18)21-10-11-4-2-1-3-5-11/h1-8,15-16,18-20H,9-10,17H2. The minimum Gasteiger partial charge on any atom is -0.507 e. The molecular weight excluding hydrogens is 270 g/mol. The molecule has 0 saturated carbocycles. The smallest absolute Gasteiger partial charge is 0.125 e. The third-order valence-electron chi connectivity index (χ3n) is 3.17. The Bertz CT molecular complexity index is 574. The van der Waals surface area contributed by atoms with Crippen LogP contribution in [0.5, 0.6) is 11.5 Å². The highest BCUT2D eigenvalue weighted by Crippen LogP contribution is 2.30. The molecule has 2 aromatic carbocycles. The molecule has 2 atom stereocenters. The van der Waals surface area contributed by atoms with Crippen molar-refractivity contribution in [2.24, 2.45) is 5.73 Å². The molecule has 0 fully saturated rings. The van der Waals surface area contributed by atoms with Gasteiger partial charge in [0.25, 0.3) is 0 Å². The van der Waals surface area contributed by atoms with Crippen LogP contribution in [0.2, 0.25) is 0 Å². The van der Waals surface area contributed by atoms with Gasteiger partial charge >= 0.3 is 0 Å². The van der Waals surface area contributed by atoms with E-state index in [-0.39, 0.29) is 17.9 Å². The summed E-state index contributed by atoms with van der Waals surface area (Å²) in [5, 5.41) is 29.3. The van der Waals surface area contributed by atoms with E-state index in [1.54, 1.807) is 6.07 Å². The lowest BCUT2D eigenvalue weighted by Crippen LogP contribution is -2.27. The molecule has 0 radical (unpaired) electrons. The lowest BCUT2D eigenvalue weighted by Gasteiger charge is -2.18. The number of hydrogen-bond acceptors (Lipinski definition) is 5. The van der Waals surface area contributed by atoms with Crippen LogP contribution < -0.4 is 10.5 Å². The van der Waals surface area contributed by atoms with Gasteiger partial charge in [0.2, 0.25) is 0 Å². The summed E-state index contributed by atoms with van der Waals surface area (Å²) in [6.07, 6.45) is -2.34. The van der Waals surface area contributed by atoms with Crippen LogP contribution in [-0.4, -0.2) is 28.0 Å². The van der Waals surface area contributed by atoms with Gasteiger partial charge in [-0.25, -0.2) is 0 Å². The van der Waals surface area contributed by atoms with Crippen molar-refractivity contribution in [1.82, 2.24) is 0 Å². The van der Waals surface area contributed by atoms with Crippen LogP contribution in [0.3, 0.4) is 0 Å². The van der Waals surface area contributed by atoms with E-state index in [2.05, 4.69) is 0 Å². The molecule has 5 heteroatoms. The Morgan fingerprint density at radius 1 is 1.05 bits per heavy atom. The average molecular weight is 289 g/mol. The van der Waals surface area contributed by atoms with Crippen LogP contribution >= 0.6 is 0 Å². The second-order valence-corrected chi connectivity index (χ2v) is 4.74. The zero-order chi connectivity index (χ0) is 15.2. The van der Waals surface area contributed by atoms with Crippen molar-refractivity contribution in [2.45, 2.75) is 18.8 Å². The second-order valence-electron chi connectivity index (χ2n) is 4.74. The summed E-state index contributed by atoms with van der Waals surface area (Å²) in [6, 6.07) is 14.2. The maximum absolute atomic E-state index is 9.91. The first kappa shape index (κ1) is 15.3. The second kappa shape index (κ2) is 7.08. The van der Waals surface area contributed by atoms with Gasteiger partial charge in [-0.15, -0.1) is 0 Å². The molecule has 0 aliphatic heterocycles. The van der Waals surface area contributed by atoms with E-state index in [1.165, 1.54) is 12.1 Å². The zero-order valence-electron chi connectivity index (χ0n) is 11.5. The van der Waals surface area contributed by atoms with Crippen molar-refractivity contribution in [3.8, 4) is 11.5 Å². The molecule has 2 aromatic rings. The Labute approximate surface area is 123 Å². The van der Waals surface area contributed by atoms with Crippen molar-refractivity contribution in [3.05, 3.63) is 59.7 Å². The minimum absolute atomic E-state index is 0.0904. The lowest BCUT2D eigenvalue weighted by molar-refractivity contribution is 0.0229. The molecule has 21 heavy (non-hydrogen) atoms. The summed E-state index contributed by atoms with van der Waals surface area (Å²) in [5.74, 6) is 0.343. The van der Waals surface area contributed by atoms with Crippen LogP contribution in [0, 0.1) is 0 Å². The van der Waals surface area contributed by atoms with Gasteiger partial charge < -0.3 is 25.8 Å². The number of aliphatic hydroxyl groups excluding tert-OH is 2. The molecular formula is C16H19NO4. The van der Waals surface area contributed by atoms with Crippen LogP contribution in [0.4, 0.5) is 0 Å². The van der Waals surface area contributed by atoms with Gasteiger partial charge in [-0.2, -0.15) is 0 Å². The first-order valence-corrected chi connectivity index (χ1v) is 6.67. The highest BCUT2D eigenvalue weighted by Gasteiger charge is 2.20. The van der Waals surface area contributed by atoms with E-state index in [4.69, 9.17) is 10.5 Å². The van der Waals surface area contributed by atoms with Gasteiger partial charge in [0, 0.05) is 18.2 Å². The maximum atomic E-state index is 9.91. The summed E-state index contributed by atoms with van der Waals surface area (Å²) in [4.78, 5) is 0. The van der Waals surface area contributed by atoms with Gasteiger partial charge in [0.05, 0.1) is 6.10 Å². The third-order valence-corrected chi connectivity index (χ3v) is 3.17. The molecule has 5 N–H and O–H groups in total. The van der Waals surface area contributed by atoms with Gasteiger partial charge in [-0.05, 0) is 17.7 Å². The fourth-order valence-electron chi connectivity index (χ4n) is 1.94. The highest BCUT2D eigenvalue weighted by atomic mass is 16.5. The number of hydrogen-bond donors (Lipinski definition) is 4. The van der Waals surface area contributed by atoms with Crippen molar-refractivity contribution < 1.29 is 20.1 Å². The molecule has 0 aliphatic rings. The molecule has 0 bridgehead atoms. The molecule has 0 spiro atoms. The Morgan fingerprint density at radius 2 is 1.76 bits per heavy atom. The molecule has 0 aliphatic carbocycles. The van der Waals surface area contributed by atoms with Crippen molar-refractivity contribution in [2.75, 3.05) is 6.54 Å². The Morgan fingerprint density at radius 3 is 2.38 bits per heavy atom. The largest absolute Gasteiger partial charge is 0.507 e. The fourth-order valence-corrected chi connectivity index (χ4v) is 1.94. The summed E-state index contributed by atoms with van der Waals surface area (Å²) >= 11 is 0. The van der Waals surface area contributed by atoms with Gasteiger partial charge in [0.1, 0.15) is 24.2 Å². The minimum atomic E-state index is -1.22. The van der Waals surface area contributed by atoms with E-state index in [1.807, 2.05) is 30.3 Å².